The van der Waals surface area contributed by atoms with Gasteiger partial charge in [-0.3, -0.25) is 4.79 Å². The van der Waals surface area contributed by atoms with Crippen molar-refractivity contribution in [3.05, 3.63) is 71.9 Å². The third-order valence-electron chi connectivity index (χ3n) is 6.78. The third-order valence-corrected chi connectivity index (χ3v) is 6.78. The first-order valence-electron chi connectivity index (χ1n) is 13.3. The van der Waals surface area contributed by atoms with Gasteiger partial charge in [0.25, 0.3) is 5.91 Å². The van der Waals surface area contributed by atoms with Crippen molar-refractivity contribution >= 4 is 29.1 Å². The molecular weight excluding hydrogens is 529 g/mol. The van der Waals surface area contributed by atoms with Crippen molar-refractivity contribution in [3.8, 4) is 11.3 Å². The Kier molecular flexibility index (Phi) is 7.48. The van der Waals surface area contributed by atoms with Crippen LogP contribution < -0.4 is 5.32 Å². The number of amides is 3. The number of carbonyl (C=O) groups excluding carboxylic acids is 3. The van der Waals surface area contributed by atoms with Gasteiger partial charge < -0.3 is 24.4 Å². The second kappa shape index (κ2) is 11.0. The van der Waals surface area contributed by atoms with Crippen LogP contribution in [0.1, 0.15) is 36.8 Å². The predicted octanol–water partition coefficient (Wildman–Crippen LogP) is 4.03. The van der Waals surface area contributed by atoms with Crippen molar-refractivity contribution in [3.63, 3.8) is 0 Å². The number of aromatic nitrogens is 4. The predicted molar refractivity (Wildman–Crippen MR) is 150 cm³/mol. The molecule has 1 saturated heterocycles. The summed E-state index contributed by atoms with van der Waals surface area (Å²) in [6.45, 7) is 6.98. The maximum absolute atomic E-state index is 13.9. The van der Waals surface area contributed by atoms with Crippen LogP contribution in [-0.4, -0.2) is 78.9 Å². The van der Waals surface area contributed by atoms with Crippen LogP contribution in [-0.2, 0) is 18.3 Å². The van der Waals surface area contributed by atoms with E-state index in [1.165, 1.54) is 10.7 Å². The number of pyridine rings is 1. The lowest BCUT2D eigenvalue weighted by molar-refractivity contribution is 0.0169. The molecule has 5 rings (SSSR count). The van der Waals surface area contributed by atoms with Crippen LogP contribution in [0.2, 0.25) is 0 Å². The lowest BCUT2D eigenvalue weighted by atomic mass is 10.2. The minimum absolute atomic E-state index is 0.0645. The maximum Gasteiger partial charge on any atom is 0.410 e. The van der Waals surface area contributed by atoms with Crippen LogP contribution in [0.4, 0.5) is 14.0 Å². The Morgan fingerprint density at radius 3 is 2.44 bits per heavy atom. The summed E-state index contributed by atoms with van der Waals surface area (Å²) in [5, 5.41) is 7.77. The quantitative estimate of drug-likeness (QED) is 0.403. The van der Waals surface area contributed by atoms with Gasteiger partial charge in [-0.15, -0.1) is 0 Å². The molecule has 1 aliphatic heterocycles. The molecule has 1 aliphatic rings. The number of nitrogens with zero attached hydrogens (tertiary/aromatic N) is 6. The highest BCUT2D eigenvalue weighted by atomic mass is 19.1. The first kappa shape index (κ1) is 27.8. The van der Waals surface area contributed by atoms with Crippen LogP contribution >= 0.6 is 0 Å². The lowest BCUT2D eigenvalue weighted by Crippen LogP contribution is -2.52. The Balaban J connectivity index is 1.25. The zero-order valence-corrected chi connectivity index (χ0v) is 23.4. The van der Waals surface area contributed by atoms with Crippen molar-refractivity contribution in [2.24, 2.45) is 7.05 Å². The summed E-state index contributed by atoms with van der Waals surface area (Å²) in [4.78, 5) is 46.2. The molecule has 41 heavy (non-hydrogen) atoms. The normalized spacial score (nSPS) is 13.9. The fourth-order valence-corrected chi connectivity index (χ4v) is 4.60. The smallest absolute Gasteiger partial charge is 0.410 e. The average molecular weight is 562 g/mol. The fourth-order valence-electron chi connectivity index (χ4n) is 4.60. The number of halogens is 1. The molecular formula is C29H32FN7O4. The first-order chi connectivity index (χ1) is 19.5. The topological polar surface area (TPSA) is 115 Å². The van der Waals surface area contributed by atoms with Gasteiger partial charge in [0.1, 0.15) is 22.8 Å². The average Bonchev–Trinajstić information content (AvgIpc) is 3.56. The maximum atomic E-state index is 13.9. The number of nitrogens with one attached hydrogen (secondary N) is 1. The van der Waals surface area contributed by atoms with Gasteiger partial charge in [-0.2, -0.15) is 9.78 Å². The molecule has 0 atom stereocenters. The molecule has 1 fully saturated rings. The van der Waals surface area contributed by atoms with E-state index >= 15 is 0 Å². The second-order valence-electron chi connectivity index (χ2n) is 10.9. The summed E-state index contributed by atoms with van der Waals surface area (Å²) in [5.41, 5.74) is 2.01. The summed E-state index contributed by atoms with van der Waals surface area (Å²) in [7, 11) is 1.74. The van der Waals surface area contributed by atoms with Crippen LogP contribution in [0.15, 0.2) is 54.9 Å². The second-order valence-corrected chi connectivity index (χ2v) is 10.9. The van der Waals surface area contributed by atoms with E-state index in [0.29, 0.717) is 54.3 Å². The fraction of sp³-hybridized carbons (Fsp3) is 0.345. The standard InChI is InChI=1S/C29H32FN7O4/c1-29(2,3)41-28(40)36-13-11-35(12-14-36)27(39)37-18-21(17-32-37)23-10-9-19-15-24(34(4)25(19)33-23)26(38)31-16-20-7-5-6-8-22(20)30/h5-10,15,17-18H,11-14,16H2,1-4H3,(H,31,38). The largest absolute Gasteiger partial charge is 0.444 e. The van der Waals surface area contributed by atoms with E-state index in [2.05, 4.69) is 10.4 Å². The van der Waals surface area contributed by atoms with Gasteiger partial charge in [0.2, 0.25) is 0 Å². The Hall–Kier alpha value is -4.74. The highest BCUT2D eigenvalue weighted by Crippen LogP contribution is 2.23. The molecule has 0 bridgehead atoms. The number of benzene rings is 1. The number of piperazine rings is 1. The van der Waals surface area contributed by atoms with Crippen LogP contribution in [0.3, 0.4) is 0 Å². The molecule has 0 spiro atoms. The van der Waals surface area contributed by atoms with Crippen molar-refractivity contribution in [2.75, 3.05) is 26.2 Å². The van der Waals surface area contributed by atoms with Crippen molar-refractivity contribution in [1.29, 1.82) is 0 Å². The number of hydrogen-bond donors (Lipinski definition) is 1. The molecule has 0 aliphatic carbocycles. The van der Waals surface area contributed by atoms with E-state index in [-0.39, 0.29) is 30.4 Å². The van der Waals surface area contributed by atoms with E-state index in [4.69, 9.17) is 9.72 Å². The molecule has 0 saturated carbocycles. The Morgan fingerprint density at radius 2 is 1.73 bits per heavy atom. The summed E-state index contributed by atoms with van der Waals surface area (Å²) in [6.07, 6.45) is 2.79. The van der Waals surface area contributed by atoms with Crippen LogP contribution in [0.5, 0.6) is 0 Å². The van der Waals surface area contributed by atoms with E-state index < -0.39 is 5.60 Å². The van der Waals surface area contributed by atoms with Crippen LogP contribution in [0, 0.1) is 5.82 Å². The Bertz CT molecular complexity index is 1610. The van der Waals surface area contributed by atoms with Gasteiger partial charge in [0, 0.05) is 62.5 Å². The highest BCUT2D eigenvalue weighted by molar-refractivity contribution is 5.98. The molecule has 4 heterocycles. The molecule has 3 amide bonds. The minimum atomic E-state index is -0.580. The SMILES string of the molecule is Cn1c(C(=O)NCc2ccccc2F)cc2ccc(-c3cnn(C(=O)N4CCN(C(=O)OC(C)(C)C)CC4)c3)nc21. The van der Waals surface area contributed by atoms with E-state index in [0.717, 1.165) is 5.39 Å². The number of carbonyl (C=O) groups is 3. The molecule has 0 unspecified atom stereocenters. The zero-order chi connectivity index (χ0) is 29.3. The van der Waals surface area contributed by atoms with Crippen molar-refractivity contribution in [1.82, 2.24) is 34.4 Å². The molecule has 12 heteroatoms. The third kappa shape index (κ3) is 6.06. The minimum Gasteiger partial charge on any atom is -0.444 e. The van der Waals surface area contributed by atoms with Gasteiger partial charge in [-0.25, -0.2) is 19.0 Å². The molecule has 1 N–H and O–H groups in total. The van der Waals surface area contributed by atoms with E-state index in [1.54, 1.807) is 64.1 Å². The van der Waals surface area contributed by atoms with Gasteiger partial charge in [-0.1, -0.05) is 18.2 Å². The van der Waals surface area contributed by atoms with Crippen molar-refractivity contribution in [2.45, 2.75) is 32.9 Å². The number of fused-ring (bicyclic) bond motifs is 1. The van der Waals surface area contributed by atoms with E-state index in [9.17, 15) is 18.8 Å². The first-order valence-corrected chi connectivity index (χ1v) is 13.3. The van der Waals surface area contributed by atoms with Crippen LogP contribution in [0.25, 0.3) is 22.3 Å². The zero-order valence-electron chi connectivity index (χ0n) is 23.4. The molecule has 1 aromatic carbocycles. The summed E-state index contributed by atoms with van der Waals surface area (Å²) in [6, 6.07) is 11.4. The summed E-state index contributed by atoms with van der Waals surface area (Å²) in [5.74, 6) is -0.723. The van der Waals surface area contributed by atoms with Gasteiger partial charge >= 0.3 is 12.1 Å². The lowest BCUT2D eigenvalue weighted by Gasteiger charge is -2.35. The molecule has 11 nitrogen and oxygen atoms in total. The van der Waals surface area contributed by atoms with Gasteiger partial charge in [0.05, 0.1) is 11.9 Å². The number of aryl methyl sites for hydroxylation is 1. The Labute approximate surface area is 236 Å². The highest BCUT2D eigenvalue weighted by Gasteiger charge is 2.28. The van der Waals surface area contributed by atoms with E-state index in [1.807, 2.05) is 26.8 Å². The van der Waals surface area contributed by atoms with Gasteiger partial charge in [-0.05, 0) is 45.0 Å². The summed E-state index contributed by atoms with van der Waals surface area (Å²) < 4.78 is 22.3. The molecule has 4 aromatic rings. The monoisotopic (exact) mass is 561 g/mol. The molecule has 214 valence electrons. The van der Waals surface area contributed by atoms with Gasteiger partial charge in [0.15, 0.2) is 0 Å². The number of rotatable bonds is 4. The molecule has 0 radical (unpaired) electrons. The molecule has 3 aromatic heterocycles. The number of ether oxygens (including phenoxy) is 1. The van der Waals surface area contributed by atoms with Crippen molar-refractivity contribution < 1.29 is 23.5 Å². The number of hydrogen-bond acceptors (Lipinski definition) is 6. The Morgan fingerprint density at radius 1 is 1.02 bits per heavy atom. The summed E-state index contributed by atoms with van der Waals surface area (Å²) >= 11 is 0.